The number of benzene rings is 1. The summed E-state index contributed by atoms with van der Waals surface area (Å²) in [4.78, 5) is 2.19. The van der Waals surface area contributed by atoms with Crippen molar-refractivity contribution in [1.29, 1.82) is 5.26 Å². The quantitative estimate of drug-likeness (QED) is 0.862. The van der Waals surface area contributed by atoms with Crippen molar-refractivity contribution in [1.82, 2.24) is 0 Å². The Morgan fingerprint density at radius 2 is 2.39 bits per heavy atom. The van der Waals surface area contributed by atoms with Gasteiger partial charge in [0.1, 0.15) is 6.07 Å². The summed E-state index contributed by atoms with van der Waals surface area (Å²) in [5, 5.41) is 18.3. The molecular formula is C14H18N2O2. The summed E-state index contributed by atoms with van der Waals surface area (Å²) in [5.41, 5.74) is 2.33. The number of aliphatic hydroxyl groups excluding tert-OH is 1. The molecule has 0 saturated carbocycles. The third-order valence-electron chi connectivity index (χ3n) is 3.16. The van der Waals surface area contributed by atoms with Crippen LogP contribution in [0, 0.1) is 11.3 Å². The topological polar surface area (TPSA) is 56.5 Å². The van der Waals surface area contributed by atoms with E-state index >= 15 is 0 Å². The molecule has 1 aromatic rings. The Morgan fingerprint density at radius 3 is 3.11 bits per heavy atom. The molecule has 2 rings (SSSR count). The van der Waals surface area contributed by atoms with Gasteiger partial charge in [0, 0.05) is 19.7 Å². The lowest BCUT2D eigenvalue weighted by Crippen LogP contribution is -2.30. The van der Waals surface area contributed by atoms with Crippen LogP contribution in [0.4, 0.5) is 5.69 Å². The molecule has 1 aromatic carbocycles. The highest BCUT2D eigenvalue weighted by Crippen LogP contribution is 2.23. The van der Waals surface area contributed by atoms with Gasteiger partial charge in [-0.2, -0.15) is 5.26 Å². The van der Waals surface area contributed by atoms with E-state index in [2.05, 4.69) is 11.0 Å². The number of ether oxygens (including phenoxy) is 1. The van der Waals surface area contributed by atoms with Gasteiger partial charge in [-0.3, -0.25) is 0 Å². The van der Waals surface area contributed by atoms with Crippen molar-refractivity contribution >= 4 is 5.69 Å². The Bertz CT molecular complexity index is 454. The zero-order valence-electron chi connectivity index (χ0n) is 10.6. The van der Waals surface area contributed by atoms with Gasteiger partial charge in [-0.15, -0.1) is 0 Å². The standard InChI is InChI=1S/C14H18N2O2/c1-11-9-16(5-2-6-18-11)14-4-3-12(10-17)7-13(14)8-15/h3-4,7,11,17H,2,5-6,9-10H2,1H3. The van der Waals surface area contributed by atoms with Gasteiger partial charge in [0.2, 0.25) is 0 Å². The largest absolute Gasteiger partial charge is 0.392 e. The minimum absolute atomic E-state index is 0.0333. The van der Waals surface area contributed by atoms with Gasteiger partial charge in [-0.25, -0.2) is 0 Å². The number of rotatable bonds is 2. The highest BCUT2D eigenvalue weighted by atomic mass is 16.5. The Labute approximate surface area is 107 Å². The predicted molar refractivity (Wildman–Crippen MR) is 69.3 cm³/mol. The summed E-state index contributed by atoms with van der Waals surface area (Å²) >= 11 is 0. The van der Waals surface area contributed by atoms with Crippen LogP contribution in [-0.2, 0) is 11.3 Å². The highest BCUT2D eigenvalue weighted by molar-refractivity contribution is 5.60. The fourth-order valence-electron chi connectivity index (χ4n) is 2.26. The summed E-state index contributed by atoms with van der Waals surface area (Å²) in [6, 6.07) is 7.75. The molecular weight excluding hydrogens is 228 g/mol. The molecule has 1 heterocycles. The van der Waals surface area contributed by atoms with Gasteiger partial charge in [-0.05, 0) is 31.0 Å². The smallest absolute Gasteiger partial charge is 0.101 e. The number of hydrogen-bond acceptors (Lipinski definition) is 4. The normalized spacial score (nSPS) is 20.3. The summed E-state index contributed by atoms with van der Waals surface area (Å²) in [7, 11) is 0. The number of nitrogens with zero attached hydrogens (tertiary/aromatic N) is 2. The second-order valence-electron chi connectivity index (χ2n) is 4.60. The molecule has 1 fully saturated rings. The van der Waals surface area contributed by atoms with Crippen molar-refractivity contribution in [3.63, 3.8) is 0 Å². The van der Waals surface area contributed by atoms with Crippen LogP contribution >= 0.6 is 0 Å². The van der Waals surface area contributed by atoms with Crippen LogP contribution in [-0.4, -0.2) is 30.9 Å². The van der Waals surface area contributed by atoms with E-state index in [4.69, 9.17) is 9.84 Å². The van der Waals surface area contributed by atoms with E-state index in [9.17, 15) is 5.26 Å². The van der Waals surface area contributed by atoms with Gasteiger partial charge < -0.3 is 14.7 Å². The van der Waals surface area contributed by atoms with E-state index < -0.39 is 0 Å². The van der Waals surface area contributed by atoms with E-state index in [1.165, 1.54) is 0 Å². The van der Waals surface area contributed by atoms with Crippen LogP contribution < -0.4 is 4.90 Å². The number of hydrogen-bond donors (Lipinski definition) is 1. The number of anilines is 1. The van der Waals surface area contributed by atoms with Crippen LogP contribution in [0.5, 0.6) is 0 Å². The van der Waals surface area contributed by atoms with Crippen molar-refractivity contribution in [3.05, 3.63) is 29.3 Å². The van der Waals surface area contributed by atoms with Crippen LogP contribution in [0.3, 0.4) is 0 Å². The number of aliphatic hydroxyl groups is 1. The maximum atomic E-state index is 9.22. The Hall–Kier alpha value is -1.57. The molecule has 1 N–H and O–H groups in total. The van der Waals surface area contributed by atoms with Crippen LogP contribution in [0.15, 0.2) is 18.2 Å². The summed E-state index contributed by atoms with van der Waals surface area (Å²) in [6.07, 6.45) is 1.15. The highest BCUT2D eigenvalue weighted by Gasteiger charge is 2.18. The first-order chi connectivity index (χ1) is 8.74. The summed E-state index contributed by atoms with van der Waals surface area (Å²) < 4.78 is 5.61. The third-order valence-corrected chi connectivity index (χ3v) is 3.16. The number of nitriles is 1. The zero-order chi connectivity index (χ0) is 13.0. The first kappa shape index (κ1) is 12.9. The van der Waals surface area contributed by atoms with Crippen LogP contribution in [0.25, 0.3) is 0 Å². The lowest BCUT2D eigenvalue weighted by atomic mass is 10.1. The lowest BCUT2D eigenvalue weighted by molar-refractivity contribution is 0.0821. The molecule has 1 atom stereocenters. The fourth-order valence-corrected chi connectivity index (χ4v) is 2.26. The molecule has 1 aliphatic heterocycles. The van der Waals surface area contributed by atoms with Gasteiger partial charge in [0.05, 0.1) is 24.0 Å². The van der Waals surface area contributed by atoms with Gasteiger partial charge >= 0.3 is 0 Å². The molecule has 18 heavy (non-hydrogen) atoms. The molecule has 1 unspecified atom stereocenters. The van der Waals surface area contributed by atoms with Crippen LogP contribution in [0.2, 0.25) is 0 Å². The molecule has 0 aromatic heterocycles. The summed E-state index contributed by atoms with van der Waals surface area (Å²) in [5.74, 6) is 0. The van der Waals surface area contributed by atoms with E-state index in [0.29, 0.717) is 5.56 Å². The monoisotopic (exact) mass is 246 g/mol. The minimum atomic E-state index is -0.0333. The molecule has 0 spiro atoms. The van der Waals surface area contributed by atoms with E-state index in [-0.39, 0.29) is 12.7 Å². The van der Waals surface area contributed by atoms with Crippen molar-refractivity contribution in [2.45, 2.75) is 26.1 Å². The van der Waals surface area contributed by atoms with E-state index in [1.807, 2.05) is 19.1 Å². The molecule has 1 saturated heterocycles. The molecule has 4 nitrogen and oxygen atoms in total. The zero-order valence-corrected chi connectivity index (χ0v) is 10.6. The molecule has 0 radical (unpaired) electrons. The SMILES string of the molecule is CC1CN(c2ccc(CO)cc2C#N)CCCO1. The Kier molecular flexibility index (Phi) is 4.19. The van der Waals surface area contributed by atoms with E-state index in [0.717, 1.165) is 37.4 Å². The molecule has 1 aliphatic rings. The van der Waals surface area contributed by atoms with Crippen molar-refractivity contribution in [2.24, 2.45) is 0 Å². The average Bonchev–Trinajstić information content (AvgIpc) is 2.62. The first-order valence-electron chi connectivity index (χ1n) is 6.25. The fraction of sp³-hybridized carbons (Fsp3) is 0.500. The lowest BCUT2D eigenvalue weighted by Gasteiger charge is -2.25. The van der Waals surface area contributed by atoms with Gasteiger partial charge in [-0.1, -0.05) is 6.07 Å². The molecule has 0 bridgehead atoms. The maximum absolute atomic E-state index is 9.22. The molecule has 96 valence electrons. The second kappa shape index (κ2) is 5.85. The summed E-state index contributed by atoms with van der Waals surface area (Å²) in [6.45, 7) is 4.49. The van der Waals surface area contributed by atoms with E-state index in [1.54, 1.807) is 6.07 Å². The Morgan fingerprint density at radius 1 is 1.56 bits per heavy atom. The molecule has 4 heteroatoms. The van der Waals surface area contributed by atoms with Crippen molar-refractivity contribution < 1.29 is 9.84 Å². The molecule has 0 amide bonds. The average molecular weight is 246 g/mol. The molecule has 0 aliphatic carbocycles. The first-order valence-corrected chi connectivity index (χ1v) is 6.25. The Balaban J connectivity index is 2.29. The van der Waals surface area contributed by atoms with Gasteiger partial charge in [0.15, 0.2) is 0 Å². The minimum Gasteiger partial charge on any atom is -0.392 e. The predicted octanol–water partition coefficient (Wildman–Crippen LogP) is 1.67. The maximum Gasteiger partial charge on any atom is 0.101 e. The van der Waals surface area contributed by atoms with Crippen LogP contribution in [0.1, 0.15) is 24.5 Å². The van der Waals surface area contributed by atoms with Gasteiger partial charge in [0.25, 0.3) is 0 Å². The van der Waals surface area contributed by atoms with Crippen molar-refractivity contribution in [2.75, 3.05) is 24.6 Å². The van der Waals surface area contributed by atoms with Crippen molar-refractivity contribution in [3.8, 4) is 6.07 Å². The second-order valence-corrected chi connectivity index (χ2v) is 4.60. The third kappa shape index (κ3) is 2.81.